The quantitative estimate of drug-likeness (QED) is 0.594. The van der Waals surface area contributed by atoms with Gasteiger partial charge in [-0.05, 0) is 25.7 Å². The van der Waals surface area contributed by atoms with E-state index in [1.54, 1.807) is 0 Å². The largest absolute Gasteiger partial charge is 0.302 e. The van der Waals surface area contributed by atoms with Gasteiger partial charge < -0.3 is 0 Å². The molecule has 0 aromatic rings. The zero-order chi connectivity index (χ0) is 8.27. The minimum atomic E-state index is -2.09. The molecule has 0 saturated heterocycles. The summed E-state index contributed by atoms with van der Waals surface area (Å²) in [6.07, 6.45) is 3.79. The maximum Gasteiger partial charge on any atom is 0.302 e. The summed E-state index contributed by atoms with van der Waals surface area (Å²) < 4.78 is 23.4. The summed E-state index contributed by atoms with van der Waals surface area (Å²) >= 11 is 1.40. The van der Waals surface area contributed by atoms with Gasteiger partial charge in [0.2, 0.25) is 0 Å². The fourth-order valence-corrected chi connectivity index (χ4v) is 2.19. The van der Waals surface area contributed by atoms with Crippen LogP contribution in [0.2, 0.25) is 0 Å². The summed E-state index contributed by atoms with van der Waals surface area (Å²) in [6.45, 7) is 0. The third-order valence-electron chi connectivity index (χ3n) is 1.82. The molecule has 1 atom stereocenters. The first kappa shape index (κ1) is 9.64. The molecule has 5 heteroatoms. The van der Waals surface area contributed by atoms with E-state index in [0.717, 1.165) is 25.7 Å². The lowest BCUT2D eigenvalue weighted by Crippen LogP contribution is -2.22. The minimum absolute atomic E-state index is 0.0189. The molecule has 1 unspecified atom stereocenters. The van der Waals surface area contributed by atoms with Gasteiger partial charge in [-0.3, -0.25) is 8.74 Å². The average molecular weight is 243 g/mol. The molecular formula is C6H11BrO3S. The van der Waals surface area contributed by atoms with E-state index in [1.807, 2.05) is 0 Å². The second-order valence-corrected chi connectivity index (χ2v) is 4.61. The van der Waals surface area contributed by atoms with Crippen molar-refractivity contribution in [2.24, 2.45) is 0 Å². The van der Waals surface area contributed by atoms with Gasteiger partial charge in [-0.1, -0.05) is 15.9 Å². The van der Waals surface area contributed by atoms with Gasteiger partial charge in [0, 0.05) is 4.83 Å². The summed E-state index contributed by atoms with van der Waals surface area (Å²) in [6, 6.07) is 0. The summed E-state index contributed by atoms with van der Waals surface area (Å²) in [5.41, 5.74) is 0. The monoisotopic (exact) mass is 242 g/mol. The predicted octanol–water partition coefficient (Wildman–Crippen LogP) is 1.85. The highest BCUT2D eigenvalue weighted by atomic mass is 79.9. The van der Waals surface area contributed by atoms with Gasteiger partial charge in [-0.15, -0.1) is 0 Å². The molecule has 1 aliphatic rings. The Hall–Kier alpha value is 0.550. The van der Waals surface area contributed by atoms with Crippen molar-refractivity contribution in [1.29, 1.82) is 0 Å². The van der Waals surface area contributed by atoms with Crippen molar-refractivity contribution in [3.05, 3.63) is 0 Å². The van der Waals surface area contributed by atoms with E-state index >= 15 is 0 Å². The van der Waals surface area contributed by atoms with Crippen LogP contribution in [-0.4, -0.2) is 19.7 Å². The molecular weight excluding hydrogens is 232 g/mol. The van der Waals surface area contributed by atoms with Gasteiger partial charge in [-0.25, -0.2) is 0 Å². The molecule has 0 aliphatic heterocycles. The topological polar surface area (TPSA) is 46.5 Å². The van der Waals surface area contributed by atoms with Gasteiger partial charge in [-0.2, -0.15) is 4.21 Å². The van der Waals surface area contributed by atoms with Gasteiger partial charge in [0.15, 0.2) is 0 Å². The van der Waals surface area contributed by atoms with Gasteiger partial charge in [0.1, 0.15) is 0 Å². The number of hydrogen-bond donors (Lipinski definition) is 1. The zero-order valence-corrected chi connectivity index (χ0v) is 8.44. The van der Waals surface area contributed by atoms with Gasteiger partial charge >= 0.3 is 11.4 Å². The standard InChI is InChI=1S/C6H11BrO3S/c7-5-1-3-6(4-2-5)10-11(8)9/h5-6H,1-4H2,(H,8,9). The average Bonchev–Trinajstić information content (AvgIpc) is 1.93. The minimum Gasteiger partial charge on any atom is -0.284 e. The molecule has 1 N–H and O–H groups in total. The predicted molar refractivity (Wildman–Crippen MR) is 46.8 cm³/mol. The first-order valence-electron chi connectivity index (χ1n) is 3.60. The second kappa shape index (κ2) is 4.54. The van der Waals surface area contributed by atoms with E-state index in [9.17, 15) is 4.21 Å². The van der Waals surface area contributed by atoms with Crippen LogP contribution < -0.4 is 0 Å². The second-order valence-electron chi connectivity index (χ2n) is 2.69. The van der Waals surface area contributed by atoms with Crippen LogP contribution in [0.1, 0.15) is 25.7 Å². The van der Waals surface area contributed by atoms with Gasteiger partial charge in [0.05, 0.1) is 6.10 Å². The Morgan fingerprint density at radius 3 is 2.36 bits per heavy atom. The molecule has 1 rings (SSSR count). The Labute approximate surface area is 77.1 Å². The van der Waals surface area contributed by atoms with E-state index < -0.39 is 11.4 Å². The molecule has 0 spiro atoms. The summed E-state index contributed by atoms with van der Waals surface area (Å²) in [7, 11) is 0. The molecule has 0 radical (unpaired) electrons. The van der Waals surface area contributed by atoms with Gasteiger partial charge in [0.25, 0.3) is 0 Å². The van der Waals surface area contributed by atoms with Crippen molar-refractivity contribution >= 4 is 27.3 Å². The smallest absolute Gasteiger partial charge is 0.284 e. The molecule has 3 nitrogen and oxygen atoms in total. The van der Waals surface area contributed by atoms with Crippen molar-refractivity contribution < 1.29 is 12.9 Å². The van der Waals surface area contributed by atoms with E-state index in [1.165, 1.54) is 0 Å². The maximum atomic E-state index is 10.2. The number of hydrogen-bond acceptors (Lipinski definition) is 2. The van der Waals surface area contributed by atoms with Crippen molar-refractivity contribution in [2.75, 3.05) is 0 Å². The number of rotatable bonds is 2. The third-order valence-corrected chi connectivity index (χ3v) is 3.17. The highest BCUT2D eigenvalue weighted by molar-refractivity contribution is 9.09. The van der Waals surface area contributed by atoms with E-state index in [2.05, 4.69) is 15.9 Å². The fourth-order valence-electron chi connectivity index (χ4n) is 1.23. The van der Waals surface area contributed by atoms with Crippen LogP contribution in [0, 0.1) is 0 Å². The highest BCUT2D eigenvalue weighted by Crippen LogP contribution is 2.26. The Morgan fingerprint density at radius 2 is 1.91 bits per heavy atom. The molecule has 1 aliphatic carbocycles. The number of halogens is 1. The molecule has 0 bridgehead atoms. The Morgan fingerprint density at radius 1 is 1.36 bits per heavy atom. The molecule has 0 aromatic carbocycles. The molecule has 66 valence electrons. The molecule has 0 aromatic heterocycles. The van der Waals surface area contributed by atoms with Crippen molar-refractivity contribution in [2.45, 2.75) is 36.6 Å². The summed E-state index contributed by atoms with van der Waals surface area (Å²) in [4.78, 5) is 0.564. The van der Waals surface area contributed by atoms with E-state index in [0.29, 0.717) is 4.83 Å². The van der Waals surface area contributed by atoms with Crippen LogP contribution in [0.3, 0.4) is 0 Å². The first-order chi connectivity index (χ1) is 5.18. The van der Waals surface area contributed by atoms with Crippen LogP contribution in [-0.2, 0) is 15.5 Å². The van der Waals surface area contributed by atoms with Crippen molar-refractivity contribution in [3.63, 3.8) is 0 Å². The van der Waals surface area contributed by atoms with Crippen molar-refractivity contribution in [1.82, 2.24) is 0 Å². The lowest BCUT2D eigenvalue weighted by molar-refractivity contribution is 0.161. The Balaban J connectivity index is 2.22. The van der Waals surface area contributed by atoms with E-state index in [4.69, 9.17) is 8.74 Å². The Kier molecular flexibility index (Phi) is 3.98. The molecule has 11 heavy (non-hydrogen) atoms. The molecule has 1 saturated carbocycles. The molecule has 0 amide bonds. The molecule has 1 fully saturated rings. The fraction of sp³-hybridized carbons (Fsp3) is 1.00. The van der Waals surface area contributed by atoms with Crippen LogP contribution in [0.4, 0.5) is 0 Å². The summed E-state index contributed by atoms with van der Waals surface area (Å²) in [5.74, 6) is 0. The van der Waals surface area contributed by atoms with Crippen LogP contribution >= 0.6 is 15.9 Å². The normalized spacial score (nSPS) is 35.1. The maximum absolute atomic E-state index is 10.2. The lowest BCUT2D eigenvalue weighted by atomic mass is 9.98. The SMILES string of the molecule is O=S(O)OC1CCC(Br)CC1. The highest BCUT2D eigenvalue weighted by Gasteiger charge is 2.21. The number of alkyl halides is 1. The third kappa shape index (κ3) is 3.64. The van der Waals surface area contributed by atoms with E-state index in [-0.39, 0.29) is 6.10 Å². The first-order valence-corrected chi connectivity index (χ1v) is 5.55. The van der Waals surface area contributed by atoms with Crippen LogP contribution in [0.25, 0.3) is 0 Å². The van der Waals surface area contributed by atoms with Crippen LogP contribution in [0.15, 0.2) is 0 Å². The van der Waals surface area contributed by atoms with Crippen LogP contribution in [0.5, 0.6) is 0 Å². The Bertz CT molecular complexity index is 145. The zero-order valence-electron chi connectivity index (χ0n) is 6.03. The summed E-state index contributed by atoms with van der Waals surface area (Å²) in [5, 5.41) is 0. The lowest BCUT2D eigenvalue weighted by Gasteiger charge is -2.23. The molecule has 0 heterocycles. The van der Waals surface area contributed by atoms with Crippen molar-refractivity contribution in [3.8, 4) is 0 Å².